The van der Waals surface area contributed by atoms with Crippen LogP contribution in [0.5, 0.6) is 0 Å². The third kappa shape index (κ3) is 6.08. The molecule has 10 heteroatoms. The third-order valence-electron chi connectivity index (χ3n) is 7.44. The molecule has 0 radical (unpaired) electrons. The molecule has 1 atom stereocenters. The van der Waals surface area contributed by atoms with Crippen LogP contribution in [-0.4, -0.2) is 74.5 Å². The molecule has 3 N–H and O–H groups in total. The summed E-state index contributed by atoms with van der Waals surface area (Å²) in [4.78, 5) is 18.1. The molecule has 0 spiro atoms. The summed E-state index contributed by atoms with van der Waals surface area (Å²) in [5, 5.41) is 14.3. The van der Waals surface area contributed by atoms with Crippen LogP contribution in [-0.2, 0) is 4.74 Å². The minimum atomic E-state index is -0.618. The number of piperazine rings is 1. The van der Waals surface area contributed by atoms with E-state index in [1.807, 2.05) is 43.3 Å². The third-order valence-corrected chi connectivity index (χ3v) is 7.44. The second-order valence-corrected chi connectivity index (χ2v) is 10.2. The van der Waals surface area contributed by atoms with E-state index in [9.17, 15) is 13.6 Å². The van der Waals surface area contributed by atoms with Gasteiger partial charge in [0.05, 0.1) is 17.7 Å². The first-order chi connectivity index (χ1) is 19.3. The van der Waals surface area contributed by atoms with Gasteiger partial charge in [0.15, 0.2) is 5.82 Å². The van der Waals surface area contributed by atoms with E-state index in [-0.39, 0.29) is 11.8 Å². The number of H-pyrrole nitrogens is 1. The molecule has 1 unspecified atom stereocenters. The first kappa shape index (κ1) is 27.5. The van der Waals surface area contributed by atoms with Crippen LogP contribution < -0.4 is 15.5 Å². The lowest BCUT2D eigenvalue weighted by Gasteiger charge is -2.34. The molecule has 40 heavy (non-hydrogen) atoms. The minimum Gasteiger partial charge on any atom is -0.383 e. The molecule has 1 fully saturated rings. The van der Waals surface area contributed by atoms with Gasteiger partial charge >= 0.3 is 0 Å². The van der Waals surface area contributed by atoms with E-state index >= 15 is 0 Å². The van der Waals surface area contributed by atoms with Crippen molar-refractivity contribution in [1.29, 1.82) is 0 Å². The number of ether oxygens (including phenoxy) is 1. The Labute approximate surface area is 232 Å². The van der Waals surface area contributed by atoms with Crippen molar-refractivity contribution < 1.29 is 18.3 Å². The highest BCUT2D eigenvalue weighted by molar-refractivity contribution is 6.11. The Hall–Kier alpha value is -4.02. The second kappa shape index (κ2) is 12.0. The van der Waals surface area contributed by atoms with Crippen molar-refractivity contribution in [2.24, 2.45) is 0 Å². The number of nitrogens with zero attached hydrogens (tertiary/aromatic N) is 3. The molecule has 4 aromatic rings. The van der Waals surface area contributed by atoms with Gasteiger partial charge in [0.1, 0.15) is 11.6 Å². The molecule has 1 aromatic heterocycles. The Morgan fingerprint density at radius 1 is 1.02 bits per heavy atom. The summed E-state index contributed by atoms with van der Waals surface area (Å²) < 4.78 is 32.9. The fourth-order valence-corrected chi connectivity index (χ4v) is 5.01. The van der Waals surface area contributed by atoms with Crippen LogP contribution in [0, 0.1) is 11.6 Å². The molecule has 3 aromatic carbocycles. The van der Waals surface area contributed by atoms with Crippen molar-refractivity contribution >= 4 is 34.0 Å². The first-order valence-corrected chi connectivity index (χ1v) is 13.4. The number of rotatable bonds is 9. The minimum absolute atomic E-state index is 0.272. The van der Waals surface area contributed by atoms with Crippen molar-refractivity contribution in [3.63, 3.8) is 0 Å². The van der Waals surface area contributed by atoms with Crippen molar-refractivity contribution in [3.8, 4) is 0 Å². The number of halogens is 2. The van der Waals surface area contributed by atoms with Crippen LogP contribution in [0.25, 0.3) is 10.9 Å². The molecule has 5 rings (SSSR count). The van der Waals surface area contributed by atoms with Gasteiger partial charge in [-0.05, 0) is 60.6 Å². The lowest BCUT2D eigenvalue weighted by Crippen LogP contribution is -2.44. The van der Waals surface area contributed by atoms with Crippen molar-refractivity contribution in [2.75, 3.05) is 69.0 Å². The van der Waals surface area contributed by atoms with Crippen LogP contribution in [0.4, 0.5) is 26.0 Å². The Morgan fingerprint density at radius 2 is 1.77 bits per heavy atom. The molecular weight excluding hydrogens is 514 g/mol. The number of aromatic nitrogens is 2. The highest BCUT2D eigenvalue weighted by atomic mass is 19.1. The number of hydrogen-bond donors (Lipinski definition) is 3. The summed E-state index contributed by atoms with van der Waals surface area (Å²) in [6.07, 6.45) is 0. The van der Waals surface area contributed by atoms with E-state index < -0.39 is 11.6 Å². The molecular formula is C30H34F2N6O2. The van der Waals surface area contributed by atoms with Crippen LogP contribution >= 0.6 is 0 Å². The smallest absolute Gasteiger partial charge is 0.258 e. The largest absolute Gasteiger partial charge is 0.383 e. The van der Waals surface area contributed by atoms with E-state index in [0.29, 0.717) is 41.2 Å². The van der Waals surface area contributed by atoms with E-state index in [1.165, 1.54) is 12.1 Å². The maximum Gasteiger partial charge on any atom is 0.258 e. The molecule has 210 valence electrons. The van der Waals surface area contributed by atoms with Crippen LogP contribution in [0.1, 0.15) is 34.3 Å². The van der Waals surface area contributed by atoms with Gasteiger partial charge in [0.2, 0.25) is 0 Å². The fraction of sp³-hybridized carbons (Fsp3) is 0.333. The topological polar surface area (TPSA) is 85.5 Å². The van der Waals surface area contributed by atoms with Crippen LogP contribution in [0.15, 0.2) is 54.6 Å². The zero-order valence-corrected chi connectivity index (χ0v) is 22.9. The van der Waals surface area contributed by atoms with E-state index in [1.54, 1.807) is 7.11 Å². The molecule has 0 aliphatic carbocycles. The maximum atomic E-state index is 13.8. The predicted molar refractivity (Wildman–Crippen MR) is 154 cm³/mol. The number of carbonyl (C=O) groups is 1. The zero-order valence-electron chi connectivity index (χ0n) is 22.9. The van der Waals surface area contributed by atoms with Gasteiger partial charge in [-0.3, -0.25) is 9.89 Å². The SMILES string of the molecule is COCCNc1cc(N2CCN(C)CC2)ccc1C(=O)Nc1n[nH]c2ccc(C(C)c3cc(F)cc(F)c3)cc12. The molecule has 0 saturated carbocycles. The molecule has 1 amide bonds. The number of aromatic amines is 1. The summed E-state index contributed by atoms with van der Waals surface area (Å²) in [5.41, 5.74) is 4.37. The zero-order chi connectivity index (χ0) is 28.2. The Bertz CT molecular complexity index is 1480. The van der Waals surface area contributed by atoms with Gasteiger partial charge in [0, 0.05) is 68.6 Å². The van der Waals surface area contributed by atoms with Crippen molar-refractivity contribution in [1.82, 2.24) is 15.1 Å². The Kier molecular flexibility index (Phi) is 8.27. The second-order valence-electron chi connectivity index (χ2n) is 10.2. The number of carbonyl (C=O) groups excluding carboxylic acids is 1. The van der Waals surface area contributed by atoms with Gasteiger partial charge in [-0.25, -0.2) is 8.78 Å². The summed E-state index contributed by atoms with van der Waals surface area (Å²) >= 11 is 0. The number of likely N-dealkylation sites (N-methyl/N-ethyl adjacent to an activating group) is 1. The normalized spacial score (nSPS) is 14.9. The van der Waals surface area contributed by atoms with E-state index in [0.717, 1.165) is 49.0 Å². The summed E-state index contributed by atoms with van der Waals surface area (Å²) in [5.74, 6) is -1.43. The molecule has 1 aliphatic heterocycles. The Balaban J connectivity index is 1.40. The summed E-state index contributed by atoms with van der Waals surface area (Å²) in [7, 11) is 3.75. The quantitative estimate of drug-likeness (QED) is 0.254. The lowest BCUT2D eigenvalue weighted by atomic mass is 9.92. The number of methoxy groups -OCH3 is 1. The number of hydrogen-bond acceptors (Lipinski definition) is 6. The highest BCUT2D eigenvalue weighted by Crippen LogP contribution is 2.31. The molecule has 1 aliphatic rings. The fourth-order valence-electron chi connectivity index (χ4n) is 5.01. The molecule has 1 saturated heterocycles. The van der Waals surface area contributed by atoms with Gasteiger partial charge in [-0.1, -0.05) is 13.0 Å². The predicted octanol–water partition coefficient (Wildman–Crippen LogP) is 5.06. The summed E-state index contributed by atoms with van der Waals surface area (Å²) in [6, 6.07) is 15.0. The maximum absolute atomic E-state index is 13.8. The monoisotopic (exact) mass is 548 g/mol. The van der Waals surface area contributed by atoms with Crippen LogP contribution in [0.2, 0.25) is 0 Å². The van der Waals surface area contributed by atoms with Crippen LogP contribution in [0.3, 0.4) is 0 Å². The number of fused-ring (bicyclic) bond motifs is 1. The Morgan fingerprint density at radius 3 is 2.50 bits per heavy atom. The standard InChI is InChI=1S/C30H34F2N6O2/c1-19(21-14-22(31)17-23(32)15-21)20-4-7-27-26(16-20)29(36-35-27)34-30(39)25-6-5-24(18-28(25)33-8-13-40-3)38-11-9-37(2)10-12-38/h4-7,14-19,33H,8-13H2,1-3H3,(H2,34,35,36,39). The average Bonchev–Trinajstić information content (AvgIpc) is 3.34. The first-order valence-electron chi connectivity index (χ1n) is 13.4. The van der Waals surface area contributed by atoms with Gasteiger partial charge < -0.3 is 25.2 Å². The van der Waals surface area contributed by atoms with Gasteiger partial charge in [0.25, 0.3) is 5.91 Å². The van der Waals surface area contributed by atoms with Crippen molar-refractivity contribution in [2.45, 2.75) is 12.8 Å². The highest BCUT2D eigenvalue weighted by Gasteiger charge is 2.20. The number of anilines is 3. The number of nitrogens with one attached hydrogen (secondary N) is 3. The average molecular weight is 549 g/mol. The van der Waals surface area contributed by atoms with E-state index in [4.69, 9.17) is 4.74 Å². The van der Waals surface area contributed by atoms with Gasteiger partial charge in [-0.15, -0.1) is 0 Å². The molecule has 2 heterocycles. The van der Waals surface area contributed by atoms with Gasteiger partial charge in [-0.2, -0.15) is 5.10 Å². The lowest BCUT2D eigenvalue weighted by molar-refractivity contribution is 0.102. The molecule has 0 bridgehead atoms. The summed E-state index contributed by atoms with van der Waals surface area (Å²) in [6.45, 7) is 6.73. The van der Waals surface area contributed by atoms with Crippen molar-refractivity contribution in [3.05, 3.63) is 82.9 Å². The van der Waals surface area contributed by atoms with E-state index in [2.05, 4.69) is 37.7 Å². The number of amides is 1. The molecule has 8 nitrogen and oxygen atoms in total. The number of benzene rings is 3.